The van der Waals surface area contributed by atoms with Gasteiger partial charge in [0.05, 0.1) is 14.2 Å². The molecule has 5 heteroatoms. The van der Waals surface area contributed by atoms with Crippen LogP contribution in [0.2, 0.25) is 0 Å². The molecule has 0 fully saturated rings. The maximum Gasteiger partial charge on any atom is 0.250 e. The van der Waals surface area contributed by atoms with Crippen molar-refractivity contribution in [1.29, 1.82) is 0 Å². The van der Waals surface area contributed by atoms with E-state index < -0.39 is 0 Å². The molecule has 3 N–H and O–H groups in total. The largest absolute Gasteiger partial charge is 0.497 e. The van der Waals surface area contributed by atoms with Gasteiger partial charge in [-0.25, -0.2) is 0 Å². The molecule has 1 aromatic carbocycles. The second kappa shape index (κ2) is 4.83. The van der Waals surface area contributed by atoms with E-state index in [9.17, 15) is 4.79 Å². The number of ether oxygens (including phenoxy) is 2. The summed E-state index contributed by atoms with van der Waals surface area (Å²) in [4.78, 5) is 13.9. The second-order valence-electron chi connectivity index (χ2n) is 3.75. The van der Waals surface area contributed by atoms with Crippen molar-refractivity contribution >= 4 is 5.82 Å². The average Bonchev–Trinajstić information content (AvgIpc) is 2.36. The van der Waals surface area contributed by atoms with Gasteiger partial charge in [-0.05, 0) is 23.8 Å². The third-order valence-electron chi connectivity index (χ3n) is 2.58. The molecule has 0 unspecified atom stereocenters. The summed E-state index contributed by atoms with van der Waals surface area (Å²) < 4.78 is 10.4. The summed E-state index contributed by atoms with van der Waals surface area (Å²) in [7, 11) is 3.15. The molecule has 0 saturated carbocycles. The van der Waals surface area contributed by atoms with Crippen molar-refractivity contribution in [1.82, 2.24) is 4.98 Å². The molecular formula is C13H14N2O3. The van der Waals surface area contributed by atoms with Gasteiger partial charge in [-0.1, -0.05) is 0 Å². The first kappa shape index (κ1) is 12.0. The van der Waals surface area contributed by atoms with Crippen LogP contribution in [-0.4, -0.2) is 19.2 Å². The van der Waals surface area contributed by atoms with Gasteiger partial charge >= 0.3 is 0 Å². The van der Waals surface area contributed by atoms with E-state index in [1.54, 1.807) is 32.4 Å². The summed E-state index contributed by atoms with van der Waals surface area (Å²) in [5, 5.41) is 0. The zero-order valence-electron chi connectivity index (χ0n) is 10.2. The number of benzene rings is 1. The van der Waals surface area contributed by atoms with Crippen molar-refractivity contribution in [2.24, 2.45) is 0 Å². The molecule has 0 aliphatic rings. The van der Waals surface area contributed by atoms with Gasteiger partial charge in [0, 0.05) is 17.7 Å². The molecule has 1 aromatic heterocycles. The van der Waals surface area contributed by atoms with Crippen LogP contribution in [0, 0.1) is 0 Å². The lowest BCUT2D eigenvalue weighted by Crippen LogP contribution is -2.07. The molecule has 0 radical (unpaired) electrons. The third kappa shape index (κ3) is 2.29. The van der Waals surface area contributed by atoms with Crippen molar-refractivity contribution in [2.45, 2.75) is 0 Å². The standard InChI is InChI=1S/C13H14N2O3/c1-17-9-3-4-10(11(7-9)18-2)8-5-12(14)15-13(16)6-8/h3-7H,1-2H3,(H3,14,15,16). The van der Waals surface area contributed by atoms with Gasteiger partial charge in [-0.2, -0.15) is 0 Å². The van der Waals surface area contributed by atoms with E-state index in [0.29, 0.717) is 22.9 Å². The number of hydrogen-bond acceptors (Lipinski definition) is 4. The first-order chi connectivity index (χ1) is 8.63. The lowest BCUT2D eigenvalue weighted by Gasteiger charge is -2.10. The lowest BCUT2D eigenvalue weighted by molar-refractivity contribution is 0.395. The number of nitrogens with one attached hydrogen (secondary N) is 1. The molecule has 18 heavy (non-hydrogen) atoms. The summed E-state index contributed by atoms with van der Waals surface area (Å²) in [5.41, 5.74) is 6.87. The Kier molecular flexibility index (Phi) is 3.23. The average molecular weight is 246 g/mol. The van der Waals surface area contributed by atoms with Crippen LogP contribution in [0.5, 0.6) is 11.5 Å². The van der Waals surface area contributed by atoms with E-state index >= 15 is 0 Å². The van der Waals surface area contributed by atoms with Crippen molar-refractivity contribution in [3.05, 3.63) is 40.7 Å². The van der Waals surface area contributed by atoms with E-state index in [-0.39, 0.29) is 5.56 Å². The lowest BCUT2D eigenvalue weighted by atomic mass is 10.1. The number of rotatable bonds is 3. The Bertz CT molecular complexity index is 620. The maximum absolute atomic E-state index is 11.4. The topological polar surface area (TPSA) is 77.3 Å². The van der Waals surface area contributed by atoms with E-state index in [1.165, 1.54) is 6.07 Å². The Balaban J connectivity index is 2.59. The quantitative estimate of drug-likeness (QED) is 0.863. The molecule has 0 spiro atoms. The van der Waals surface area contributed by atoms with Gasteiger partial charge in [-0.3, -0.25) is 4.79 Å². The number of aromatic nitrogens is 1. The van der Waals surface area contributed by atoms with Crippen LogP contribution in [0.1, 0.15) is 0 Å². The molecule has 2 aromatic rings. The van der Waals surface area contributed by atoms with Crippen molar-refractivity contribution in [3.63, 3.8) is 0 Å². The first-order valence-corrected chi connectivity index (χ1v) is 5.36. The molecule has 1 heterocycles. The highest BCUT2D eigenvalue weighted by atomic mass is 16.5. The molecule has 5 nitrogen and oxygen atoms in total. The van der Waals surface area contributed by atoms with Gasteiger partial charge in [0.1, 0.15) is 17.3 Å². The molecule has 2 rings (SSSR count). The van der Waals surface area contributed by atoms with Gasteiger partial charge in [0.15, 0.2) is 0 Å². The van der Waals surface area contributed by atoms with Crippen LogP contribution < -0.4 is 20.8 Å². The minimum atomic E-state index is -0.247. The zero-order valence-corrected chi connectivity index (χ0v) is 10.2. The summed E-state index contributed by atoms with van der Waals surface area (Å²) in [6.07, 6.45) is 0. The van der Waals surface area contributed by atoms with Crippen molar-refractivity contribution in [2.75, 3.05) is 20.0 Å². The van der Waals surface area contributed by atoms with Crippen molar-refractivity contribution < 1.29 is 9.47 Å². The van der Waals surface area contributed by atoms with Gasteiger partial charge in [-0.15, -0.1) is 0 Å². The highest BCUT2D eigenvalue weighted by molar-refractivity contribution is 5.72. The van der Waals surface area contributed by atoms with Crippen molar-refractivity contribution in [3.8, 4) is 22.6 Å². The predicted octanol–water partition coefficient (Wildman–Crippen LogP) is 1.64. The number of H-pyrrole nitrogens is 1. The molecule has 0 bridgehead atoms. The fourth-order valence-electron chi connectivity index (χ4n) is 1.76. The smallest absolute Gasteiger partial charge is 0.250 e. The minimum absolute atomic E-state index is 0.247. The first-order valence-electron chi connectivity index (χ1n) is 5.36. The highest BCUT2D eigenvalue weighted by Gasteiger charge is 2.08. The van der Waals surface area contributed by atoms with Crippen LogP contribution >= 0.6 is 0 Å². The van der Waals surface area contributed by atoms with E-state index in [0.717, 1.165) is 5.56 Å². The monoisotopic (exact) mass is 246 g/mol. The Hall–Kier alpha value is -2.43. The van der Waals surface area contributed by atoms with Gasteiger partial charge in [0.2, 0.25) is 5.56 Å². The number of hydrogen-bond donors (Lipinski definition) is 2. The molecule has 0 aliphatic carbocycles. The van der Waals surface area contributed by atoms with Crippen LogP contribution in [0.4, 0.5) is 5.82 Å². The number of anilines is 1. The molecule has 0 aliphatic heterocycles. The van der Waals surface area contributed by atoms with Crippen LogP contribution in [0.25, 0.3) is 11.1 Å². The second-order valence-corrected chi connectivity index (χ2v) is 3.75. The molecule has 0 saturated heterocycles. The fraction of sp³-hybridized carbons (Fsp3) is 0.154. The van der Waals surface area contributed by atoms with Crippen LogP contribution in [-0.2, 0) is 0 Å². The predicted molar refractivity (Wildman–Crippen MR) is 70.0 cm³/mol. The summed E-state index contributed by atoms with van der Waals surface area (Å²) in [6, 6.07) is 8.54. The molecule has 0 atom stereocenters. The Morgan fingerprint density at radius 1 is 1.11 bits per heavy atom. The molecular weight excluding hydrogens is 232 g/mol. The highest BCUT2D eigenvalue weighted by Crippen LogP contribution is 2.32. The van der Waals surface area contributed by atoms with E-state index in [2.05, 4.69) is 4.98 Å². The molecule has 0 amide bonds. The fourth-order valence-corrected chi connectivity index (χ4v) is 1.76. The number of aromatic amines is 1. The Labute approximate surface area is 104 Å². The van der Waals surface area contributed by atoms with E-state index in [4.69, 9.17) is 15.2 Å². The number of pyridine rings is 1. The number of nitrogens with two attached hydrogens (primary N) is 1. The van der Waals surface area contributed by atoms with Crippen LogP contribution in [0.3, 0.4) is 0 Å². The zero-order chi connectivity index (χ0) is 13.1. The maximum atomic E-state index is 11.4. The Morgan fingerprint density at radius 3 is 2.50 bits per heavy atom. The summed E-state index contributed by atoms with van der Waals surface area (Å²) >= 11 is 0. The van der Waals surface area contributed by atoms with Crippen LogP contribution in [0.15, 0.2) is 35.1 Å². The number of methoxy groups -OCH3 is 2. The minimum Gasteiger partial charge on any atom is -0.497 e. The van der Waals surface area contributed by atoms with Gasteiger partial charge < -0.3 is 20.2 Å². The Morgan fingerprint density at radius 2 is 1.89 bits per heavy atom. The molecule has 94 valence electrons. The SMILES string of the molecule is COc1ccc(-c2cc(N)[nH]c(=O)c2)c(OC)c1. The normalized spacial score (nSPS) is 10.1. The summed E-state index contributed by atoms with van der Waals surface area (Å²) in [6.45, 7) is 0. The van der Waals surface area contributed by atoms with E-state index in [1.807, 2.05) is 6.07 Å². The summed E-state index contributed by atoms with van der Waals surface area (Å²) in [5.74, 6) is 1.63. The number of nitrogen functional groups attached to an aromatic ring is 1. The van der Waals surface area contributed by atoms with Gasteiger partial charge in [0.25, 0.3) is 0 Å². The third-order valence-corrected chi connectivity index (χ3v) is 2.58.